The van der Waals surface area contributed by atoms with Gasteiger partial charge < -0.3 is 45.2 Å². The Labute approximate surface area is 434 Å². The van der Waals surface area contributed by atoms with Gasteiger partial charge in [0.1, 0.15) is 23.5 Å². The molecular formula is C55H64N12O8. The summed E-state index contributed by atoms with van der Waals surface area (Å²) in [6, 6.07) is 22.7. The molecule has 3 aliphatic heterocycles. The quantitative estimate of drug-likeness (QED) is 0.112. The molecule has 3 aromatic carbocycles. The van der Waals surface area contributed by atoms with Gasteiger partial charge in [-0.3, -0.25) is 33.8 Å². The summed E-state index contributed by atoms with van der Waals surface area (Å²) in [5.74, 6) is -0.648. The molecule has 1 aliphatic carbocycles. The molecule has 10 rings (SSSR count). The Balaban J connectivity index is 0.867. The van der Waals surface area contributed by atoms with Crippen LogP contribution in [0.1, 0.15) is 74.5 Å². The number of fused-ring (bicyclic) bond motifs is 2. The second-order valence-corrected chi connectivity index (χ2v) is 20.2. The fraction of sp³-hybridized carbons (Fsp3) is 0.418. The SMILES string of the molecule is COc1ccc(C(=O)N2C[C@H](C)N(C3CCN(c4nc(C(CN)(OC5CC5)c5ccccc5)c5cc(-c6cn(C)c(=O)c7[nH]ccc67)ccc5n4)CC3)C[C@H]2C)cc1N1CCC(=O)N(CNC(=O)CNC(C)=O)C1=O. The van der Waals surface area contributed by atoms with E-state index < -0.39 is 23.4 Å². The highest BCUT2D eigenvalue weighted by atomic mass is 16.5. The minimum Gasteiger partial charge on any atom is -0.495 e. The van der Waals surface area contributed by atoms with Gasteiger partial charge in [0.15, 0.2) is 0 Å². The number of aromatic amines is 1. The van der Waals surface area contributed by atoms with Gasteiger partial charge in [-0.1, -0.05) is 36.4 Å². The maximum Gasteiger partial charge on any atom is 0.332 e. The highest BCUT2D eigenvalue weighted by Crippen LogP contribution is 2.43. The number of H-pyrrole nitrogens is 1. The van der Waals surface area contributed by atoms with Gasteiger partial charge >= 0.3 is 6.03 Å². The van der Waals surface area contributed by atoms with Gasteiger partial charge in [0, 0.05) is 112 Å². The zero-order valence-electron chi connectivity index (χ0n) is 43.0. The number of piperazine rings is 1. The van der Waals surface area contributed by atoms with Gasteiger partial charge in [-0.25, -0.2) is 19.7 Å². The number of aryl methyl sites for hydroxylation is 1. The van der Waals surface area contributed by atoms with Crippen LogP contribution in [0, 0.1) is 0 Å². The summed E-state index contributed by atoms with van der Waals surface area (Å²) in [4.78, 5) is 101. The molecule has 5 N–H and O–H groups in total. The summed E-state index contributed by atoms with van der Waals surface area (Å²) in [6.45, 7) is 7.58. The molecule has 0 bridgehead atoms. The average Bonchev–Trinajstić information content (AvgIpc) is 4.11. The molecule has 4 fully saturated rings. The van der Waals surface area contributed by atoms with E-state index in [1.807, 2.05) is 47.5 Å². The molecule has 0 spiro atoms. The molecule has 75 heavy (non-hydrogen) atoms. The molecule has 20 nitrogen and oxygen atoms in total. The molecule has 20 heteroatoms. The Bertz CT molecular complexity index is 3240. The first-order chi connectivity index (χ1) is 36.2. The molecule has 4 aliphatic rings. The molecule has 392 valence electrons. The van der Waals surface area contributed by atoms with Gasteiger partial charge in [-0.15, -0.1) is 0 Å². The van der Waals surface area contributed by atoms with Crippen LogP contribution in [0.5, 0.6) is 5.75 Å². The first-order valence-electron chi connectivity index (χ1n) is 25.7. The Hall–Kier alpha value is -7.68. The zero-order chi connectivity index (χ0) is 52.7. The minimum atomic E-state index is -1.07. The number of amides is 6. The van der Waals surface area contributed by atoms with E-state index in [4.69, 9.17) is 25.2 Å². The molecule has 3 aromatic heterocycles. The number of rotatable bonds is 15. The third-order valence-corrected chi connectivity index (χ3v) is 15.2. The van der Waals surface area contributed by atoms with Crippen LogP contribution in [0.2, 0.25) is 0 Å². The summed E-state index contributed by atoms with van der Waals surface area (Å²) < 4.78 is 14.3. The molecule has 6 heterocycles. The molecule has 6 amide bonds. The van der Waals surface area contributed by atoms with Crippen molar-refractivity contribution in [1.29, 1.82) is 0 Å². The predicted octanol–water partition coefficient (Wildman–Crippen LogP) is 4.44. The Morgan fingerprint density at radius 1 is 0.880 bits per heavy atom. The van der Waals surface area contributed by atoms with Gasteiger partial charge in [-0.05, 0) is 87.1 Å². The van der Waals surface area contributed by atoms with Crippen molar-refractivity contribution in [2.24, 2.45) is 12.8 Å². The largest absolute Gasteiger partial charge is 0.495 e. The maximum absolute atomic E-state index is 14.5. The zero-order valence-corrected chi connectivity index (χ0v) is 43.0. The van der Waals surface area contributed by atoms with Crippen molar-refractivity contribution in [3.63, 3.8) is 0 Å². The van der Waals surface area contributed by atoms with Gasteiger partial charge in [0.2, 0.25) is 23.7 Å². The molecular weight excluding hydrogens is 957 g/mol. The lowest BCUT2D eigenvalue weighted by Crippen LogP contribution is -2.61. The van der Waals surface area contributed by atoms with E-state index in [1.165, 1.54) is 18.9 Å². The number of pyridine rings is 1. The molecule has 1 saturated carbocycles. The second-order valence-electron chi connectivity index (χ2n) is 20.2. The number of methoxy groups -OCH3 is 1. The van der Waals surface area contributed by atoms with Crippen molar-refractivity contribution in [2.45, 2.75) is 82.7 Å². The molecule has 6 aromatic rings. The van der Waals surface area contributed by atoms with Crippen LogP contribution < -0.4 is 36.5 Å². The fourth-order valence-electron chi connectivity index (χ4n) is 11.0. The smallest absolute Gasteiger partial charge is 0.332 e. The van der Waals surface area contributed by atoms with Gasteiger partial charge in [0.05, 0.1) is 36.7 Å². The van der Waals surface area contributed by atoms with Crippen molar-refractivity contribution in [3.05, 3.63) is 112 Å². The third-order valence-electron chi connectivity index (χ3n) is 15.2. The van der Waals surface area contributed by atoms with Crippen molar-refractivity contribution >= 4 is 63.1 Å². The number of hydrogen-bond donors (Lipinski definition) is 4. The van der Waals surface area contributed by atoms with E-state index in [-0.39, 0.29) is 74.3 Å². The minimum absolute atomic E-state index is 0.0155. The molecule has 0 radical (unpaired) electrons. The topological polar surface area (TPSA) is 234 Å². The van der Waals surface area contributed by atoms with E-state index in [0.717, 1.165) is 63.6 Å². The Morgan fingerprint density at radius 3 is 2.37 bits per heavy atom. The second kappa shape index (κ2) is 20.9. The van der Waals surface area contributed by atoms with Gasteiger partial charge in [0.25, 0.3) is 11.5 Å². The highest BCUT2D eigenvalue weighted by molar-refractivity contribution is 6.07. The van der Waals surface area contributed by atoms with E-state index >= 15 is 0 Å². The number of carbonyl (C=O) groups excluding carboxylic acids is 5. The lowest BCUT2D eigenvalue weighted by molar-refractivity contribution is -0.130. The number of hydrogen-bond acceptors (Lipinski definition) is 13. The third kappa shape index (κ3) is 9.92. The number of anilines is 2. The van der Waals surface area contributed by atoms with Crippen LogP contribution in [0.3, 0.4) is 0 Å². The van der Waals surface area contributed by atoms with Crippen molar-refractivity contribution in [3.8, 4) is 16.9 Å². The summed E-state index contributed by atoms with van der Waals surface area (Å²) in [5, 5.41) is 6.55. The number of carbonyl (C=O) groups is 5. The number of piperidine rings is 1. The monoisotopic (exact) mass is 1020 g/mol. The Kier molecular flexibility index (Phi) is 14.2. The van der Waals surface area contributed by atoms with Gasteiger partial charge in [-0.2, -0.15) is 0 Å². The van der Waals surface area contributed by atoms with Crippen LogP contribution in [0.25, 0.3) is 32.9 Å². The number of ether oxygens (including phenoxy) is 2. The lowest BCUT2D eigenvalue weighted by atomic mass is 9.86. The molecule has 1 unspecified atom stereocenters. The van der Waals surface area contributed by atoms with Crippen molar-refractivity contribution in [1.82, 2.24) is 44.9 Å². The summed E-state index contributed by atoms with van der Waals surface area (Å²) in [6.07, 6.45) is 7.26. The molecule has 3 atom stereocenters. The number of benzene rings is 3. The lowest BCUT2D eigenvalue weighted by Gasteiger charge is -2.49. The van der Waals surface area contributed by atoms with Crippen molar-refractivity contribution in [2.75, 3.05) is 69.4 Å². The highest BCUT2D eigenvalue weighted by Gasteiger charge is 2.44. The van der Waals surface area contributed by atoms with Crippen LogP contribution in [-0.2, 0) is 31.8 Å². The maximum atomic E-state index is 14.5. The summed E-state index contributed by atoms with van der Waals surface area (Å²) in [5.41, 5.74) is 11.1. The average molecular weight is 1020 g/mol. The standard InChI is InChI=1S/C55H64N12O8/c1-33-29-66(51(71)37-12-16-46(74-5)45(26-37)64-24-20-48(70)67(54(64)73)32-59-47(69)27-58-35(3)68)34(2)28-65(33)39-18-22-63(23-19-39)53-60-44-15-11-36(43-30-62(4)52(72)49-41(43)17-21-57-49)25-42(44)50(61-53)55(31-56,75-40-13-14-40)38-9-7-6-8-10-38/h6-12,15-17,21,25-26,30,33-34,39-40,57H,13-14,18-20,22-24,27-29,31-32,56H2,1-5H3,(H,58,68)(H,59,69)/t33-,34+,55?/m0/s1. The first-order valence-corrected chi connectivity index (χ1v) is 25.7. The number of nitrogens with two attached hydrogens (primary N) is 1. The van der Waals surface area contributed by atoms with E-state index in [0.29, 0.717) is 60.3 Å². The number of nitrogens with one attached hydrogen (secondary N) is 3. The van der Waals surface area contributed by atoms with Crippen molar-refractivity contribution < 1.29 is 33.4 Å². The predicted molar refractivity (Wildman–Crippen MR) is 283 cm³/mol. The Morgan fingerprint density at radius 2 is 1.65 bits per heavy atom. The van der Waals surface area contributed by atoms with E-state index in [9.17, 15) is 28.8 Å². The van der Waals surface area contributed by atoms with Crippen LogP contribution >= 0.6 is 0 Å². The normalized spacial score (nSPS) is 19.7. The first kappa shape index (κ1) is 50.8. The van der Waals surface area contributed by atoms with Crippen LogP contribution in [0.15, 0.2) is 90.0 Å². The molecule has 3 saturated heterocycles. The van der Waals surface area contributed by atoms with E-state index in [2.05, 4.69) is 57.5 Å². The van der Waals surface area contributed by atoms with E-state index in [1.54, 1.807) is 36.0 Å². The summed E-state index contributed by atoms with van der Waals surface area (Å²) in [7, 11) is 3.23. The fourth-order valence-corrected chi connectivity index (χ4v) is 11.0. The summed E-state index contributed by atoms with van der Waals surface area (Å²) >= 11 is 0. The number of aromatic nitrogens is 4. The number of urea groups is 1. The number of imide groups is 1. The van der Waals surface area contributed by atoms with Crippen LogP contribution in [-0.4, -0.2) is 148 Å². The number of nitrogens with zero attached hydrogens (tertiary/aromatic N) is 8. The van der Waals surface area contributed by atoms with Crippen LogP contribution in [0.4, 0.5) is 16.4 Å².